The van der Waals surface area contributed by atoms with E-state index in [0.717, 1.165) is 24.2 Å². The molecule has 1 aromatic carbocycles. The van der Waals surface area contributed by atoms with Gasteiger partial charge in [0.15, 0.2) is 6.61 Å². The van der Waals surface area contributed by atoms with Crippen molar-refractivity contribution in [3.05, 3.63) is 29.3 Å². The summed E-state index contributed by atoms with van der Waals surface area (Å²) in [4.78, 5) is 12.5. The molecule has 152 valence electrons. The molecule has 0 spiro atoms. The maximum absolute atomic E-state index is 12.5. The van der Waals surface area contributed by atoms with E-state index in [0.29, 0.717) is 12.0 Å². The number of aryl methyl sites for hydroxylation is 1. The first kappa shape index (κ1) is 21.8. The molecule has 1 amide bonds. The Labute approximate surface area is 166 Å². The number of nitrogens with one attached hydrogen (secondary N) is 1. The monoisotopic (exact) mass is 373 g/mol. The zero-order chi connectivity index (χ0) is 19.5. The molecule has 3 heteroatoms. The summed E-state index contributed by atoms with van der Waals surface area (Å²) in [5.74, 6) is 1.25. The molecule has 0 heterocycles. The van der Waals surface area contributed by atoms with Crippen molar-refractivity contribution in [3.63, 3.8) is 0 Å². The van der Waals surface area contributed by atoms with Crippen LogP contribution >= 0.6 is 0 Å². The first-order valence-electron chi connectivity index (χ1n) is 11.1. The number of ether oxygens (including phenoxy) is 1. The maximum atomic E-state index is 12.5. The molecule has 0 radical (unpaired) electrons. The van der Waals surface area contributed by atoms with E-state index in [1.165, 1.54) is 63.4 Å². The van der Waals surface area contributed by atoms with Crippen LogP contribution in [0.25, 0.3) is 0 Å². The summed E-state index contributed by atoms with van der Waals surface area (Å²) in [6, 6.07) is 6.56. The third-order valence-corrected chi connectivity index (χ3v) is 5.62. The Balaban J connectivity index is 1.84. The Bertz CT molecular complexity index is 555. The number of rotatable bonds is 5. The van der Waals surface area contributed by atoms with Crippen molar-refractivity contribution >= 4 is 5.91 Å². The predicted octanol–water partition coefficient (Wildman–Crippen LogP) is 6.29. The third kappa shape index (κ3) is 8.36. The summed E-state index contributed by atoms with van der Waals surface area (Å²) in [6.07, 6.45) is 14.1. The zero-order valence-corrected chi connectivity index (χ0v) is 17.7. The highest BCUT2D eigenvalue weighted by Crippen LogP contribution is 2.27. The average Bonchev–Trinajstić information content (AvgIpc) is 2.62. The molecule has 0 saturated heterocycles. The molecule has 2 rings (SSSR count). The molecule has 0 atom stereocenters. The van der Waals surface area contributed by atoms with Gasteiger partial charge in [0.2, 0.25) is 0 Å². The standard InChI is InChI=1S/C24H39NO2/c1-19(2)22-16-15-20(3)17-23(22)27-18-24(26)25-21-13-11-9-7-5-4-6-8-10-12-14-21/h15-17,19,21H,4-14,18H2,1-3H3,(H,25,26). The quantitative estimate of drug-likeness (QED) is 0.659. The molecule has 3 nitrogen and oxygen atoms in total. The number of carbonyl (C=O) groups is 1. The molecule has 1 fully saturated rings. The van der Waals surface area contributed by atoms with E-state index >= 15 is 0 Å². The van der Waals surface area contributed by atoms with E-state index in [2.05, 4.69) is 38.2 Å². The molecule has 0 unspecified atom stereocenters. The van der Waals surface area contributed by atoms with Crippen LogP contribution in [0, 0.1) is 6.92 Å². The van der Waals surface area contributed by atoms with Crippen LogP contribution in [-0.2, 0) is 4.79 Å². The number of benzene rings is 1. The van der Waals surface area contributed by atoms with Crippen LogP contribution in [0.5, 0.6) is 5.75 Å². The Morgan fingerprint density at radius 2 is 1.56 bits per heavy atom. The minimum Gasteiger partial charge on any atom is -0.483 e. The Morgan fingerprint density at radius 1 is 1.00 bits per heavy atom. The fraction of sp³-hybridized carbons (Fsp3) is 0.708. The van der Waals surface area contributed by atoms with Gasteiger partial charge in [-0.2, -0.15) is 0 Å². The zero-order valence-electron chi connectivity index (χ0n) is 17.7. The summed E-state index contributed by atoms with van der Waals surface area (Å²) < 4.78 is 5.91. The van der Waals surface area contributed by atoms with Gasteiger partial charge in [0.25, 0.3) is 5.91 Å². The first-order valence-corrected chi connectivity index (χ1v) is 11.1. The van der Waals surface area contributed by atoms with Crippen molar-refractivity contribution in [2.24, 2.45) is 0 Å². The fourth-order valence-corrected chi connectivity index (χ4v) is 3.96. The van der Waals surface area contributed by atoms with Crippen molar-refractivity contribution in [3.8, 4) is 5.75 Å². The summed E-state index contributed by atoms with van der Waals surface area (Å²) in [7, 11) is 0. The van der Waals surface area contributed by atoms with E-state index in [9.17, 15) is 4.79 Å². The predicted molar refractivity (Wildman–Crippen MR) is 113 cm³/mol. The van der Waals surface area contributed by atoms with Crippen molar-refractivity contribution < 1.29 is 9.53 Å². The van der Waals surface area contributed by atoms with Gasteiger partial charge in [0.05, 0.1) is 0 Å². The lowest BCUT2D eigenvalue weighted by Crippen LogP contribution is -2.38. The summed E-state index contributed by atoms with van der Waals surface area (Å²) >= 11 is 0. The van der Waals surface area contributed by atoms with E-state index < -0.39 is 0 Å². The van der Waals surface area contributed by atoms with E-state index in [1.54, 1.807) is 0 Å². The SMILES string of the molecule is Cc1ccc(C(C)C)c(OCC(=O)NC2CCCCCCCCCCC2)c1. The van der Waals surface area contributed by atoms with Crippen molar-refractivity contribution in [2.75, 3.05) is 6.61 Å². The Hall–Kier alpha value is -1.51. The van der Waals surface area contributed by atoms with Crippen molar-refractivity contribution in [1.29, 1.82) is 0 Å². The first-order chi connectivity index (χ1) is 13.1. The second kappa shape index (κ2) is 12.0. The molecule has 27 heavy (non-hydrogen) atoms. The number of hydrogen-bond acceptors (Lipinski definition) is 2. The molecule has 1 aromatic rings. The molecule has 1 aliphatic carbocycles. The van der Waals surface area contributed by atoms with Gasteiger partial charge in [0.1, 0.15) is 5.75 Å². The minimum atomic E-state index is 0.0170. The lowest BCUT2D eigenvalue weighted by molar-refractivity contribution is -0.123. The lowest BCUT2D eigenvalue weighted by atomic mass is 9.98. The van der Waals surface area contributed by atoms with Crippen LogP contribution < -0.4 is 10.1 Å². The summed E-state index contributed by atoms with van der Waals surface area (Å²) in [5.41, 5.74) is 2.33. The normalized spacial score (nSPS) is 17.8. The van der Waals surface area contributed by atoms with Crippen LogP contribution in [0.15, 0.2) is 18.2 Å². The molecule has 0 aliphatic heterocycles. The highest BCUT2D eigenvalue weighted by atomic mass is 16.5. The van der Waals surface area contributed by atoms with Crippen LogP contribution in [0.1, 0.15) is 102 Å². The highest BCUT2D eigenvalue weighted by molar-refractivity contribution is 5.77. The van der Waals surface area contributed by atoms with E-state index in [-0.39, 0.29) is 12.5 Å². The third-order valence-electron chi connectivity index (χ3n) is 5.62. The van der Waals surface area contributed by atoms with Crippen LogP contribution in [-0.4, -0.2) is 18.6 Å². The molecule has 1 N–H and O–H groups in total. The smallest absolute Gasteiger partial charge is 0.258 e. The molecule has 1 aliphatic rings. The van der Waals surface area contributed by atoms with Gasteiger partial charge in [-0.25, -0.2) is 0 Å². The Kier molecular flexibility index (Phi) is 9.72. The highest BCUT2D eigenvalue weighted by Gasteiger charge is 2.15. The van der Waals surface area contributed by atoms with Gasteiger partial charge in [0, 0.05) is 6.04 Å². The number of carbonyl (C=O) groups excluding carboxylic acids is 1. The van der Waals surface area contributed by atoms with Gasteiger partial charge in [-0.3, -0.25) is 4.79 Å². The van der Waals surface area contributed by atoms with Crippen molar-refractivity contribution in [2.45, 2.75) is 103 Å². The molecular formula is C24H39NO2. The van der Waals surface area contributed by atoms with E-state index in [4.69, 9.17) is 4.74 Å². The molecule has 0 bridgehead atoms. The van der Waals surface area contributed by atoms with Crippen molar-refractivity contribution in [1.82, 2.24) is 5.32 Å². The maximum Gasteiger partial charge on any atom is 0.258 e. The molecular weight excluding hydrogens is 334 g/mol. The van der Waals surface area contributed by atoms with Crippen LogP contribution in [0.4, 0.5) is 0 Å². The molecule has 0 aromatic heterocycles. The van der Waals surface area contributed by atoms with Gasteiger partial charge < -0.3 is 10.1 Å². The fourth-order valence-electron chi connectivity index (χ4n) is 3.96. The van der Waals surface area contributed by atoms with Gasteiger partial charge >= 0.3 is 0 Å². The van der Waals surface area contributed by atoms with E-state index in [1.807, 2.05) is 6.07 Å². The van der Waals surface area contributed by atoms with Crippen LogP contribution in [0.2, 0.25) is 0 Å². The van der Waals surface area contributed by atoms with Gasteiger partial charge in [-0.15, -0.1) is 0 Å². The Morgan fingerprint density at radius 3 is 2.11 bits per heavy atom. The lowest BCUT2D eigenvalue weighted by Gasteiger charge is -2.20. The topological polar surface area (TPSA) is 38.3 Å². The number of amides is 1. The minimum absolute atomic E-state index is 0.0170. The van der Waals surface area contributed by atoms with Crippen LogP contribution in [0.3, 0.4) is 0 Å². The second-order valence-electron chi connectivity index (χ2n) is 8.51. The largest absolute Gasteiger partial charge is 0.483 e. The molecule has 1 saturated carbocycles. The number of hydrogen-bond donors (Lipinski definition) is 1. The summed E-state index contributed by atoms with van der Waals surface area (Å²) in [5, 5.41) is 3.24. The van der Waals surface area contributed by atoms with Gasteiger partial charge in [-0.05, 0) is 42.9 Å². The summed E-state index contributed by atoms with van der Waals surface area (Å²) in [6.45, 7) is 6.48. The second-order valence-corrected chi connectivity index (χ2v) is 8.51. The van der Waals surface area contributed by atoms with Gasteiger partial charge in [-0.1, -0.05) is 83.8 Å². The average molecular weight is 374 g/mol.